The number of carbonyl (C=O) groups is 1. The number of allylic oxidation sites excluding steroid dienone is 1. The molecule has 0 unspecified atom stereocenters. The van der Waals surface area contributed by atoms with Crippen LogP contribution < -0.4 is 4.80 Å². The van der Waals surface area contributed by atoms with Gasteiger partial charge in [-0.3, -0.25) is 4.79 Å². The van der Waals surface area contributed by atoms with Gasteiger partial charge in [0.15, 0.2) is 4.80 Å². The van der Waals surface area contributed by atoms with Crippen molar-refractivity contribution >= 4 is 49.1 Å². The van der Waals surface area contributed by atoms with Crippen LogP contribution in [0.15, 0.2) is 65.0 Å². The highest BCUT2D eigenvalue weighted by atomic mass is 35.5. The molecule has 0 spiro atoms. The second kappa shape index (κ2) is 9.26. The molecule has 0 fully saturated rings. The number of aromatic nitrogens is 1. The molecule has 0 bridgehead atoms. The molecule has 3 rings (SSSR count). The van der Waals surface area contributed by atoms with E-state index < -0.39 is 15.9 Å². The van der Waals surface area contributed by atoms with E-state index in [-0.39, 0.29) is 4.90 Å². The van der Waals surface area contributed by atoms with E-state index in [9.17, 15) is 13.2 Å². The number of fused-ring (bicyclic) bond motifs is 1. The zero-order chi connectivity index (χ0) is 21.9. The second-order valence-electron chi connectivity index (χ2n) is 6.43. The van der Waals surface area contributed by atoms with Crippen molar-refractivity contribution in [2.45, 2.75) is 25.3 Å². The minimum atomic E-state index is -3.57. The lowest BCUT2D eigenvalue weighted by Gasteiger charge is -2.18. The highest BCUT2D eigenvalue weighted by Gasteiger charge is 2.21. The van der Waals surface area contributed by atoms with E-state index in [1.807, 2.05) is 16.7 Å². The smallest absolute Gasteiger partial charge is 0.279 e. The minimum Gasteiger partial charge on any atom is -0.312 e. The fraction of sp³-hybridized carbons (Fsp3) is 0.238. The summed E-state index contributed by atoms with van der Waals surface area (Å²) in [5.41, 5.74) is 1.23. The van der Waals surface area contributed by atoms with Crippen LogP contribution in [0.5, 0.6) is 0 Å². The number of hydrogen-bond acceptors (Lipinski definition) is 4. The summed E-state index contributed by atoms with van der Waals surface area (Å²) in [6.45, 7) is 8.60. The Hall–Kier alpha value is -2.26. The van der Waals surface area contributed by atoms with Gasteiger partial charge in [0, 0.05) is 30.2 Å². The third-order valence-corrected chi connectivity index (χ3v) is 7.94. The van der Waals surface area contributed by atoms with Crippen LogP contribution >= 0.6 is 22.9 Å². The molecule has 0 aliphatic heterocycles. The monoisotopic (exact) mass is 463 g/mol. The van der Waals surface area contributed by atoms with E-state index in [1.165, 1.54) is 39.9 Å². The van der Waals surface area contributed by atoms with Gasteiger partial charge in [-0.1, -0.05) is 42.9 Å². The molecular weight excluding hydrogens is 442 g/mol. The Kier molecular flexibility index (Phi) is 6.92. The molecule has 158 valence electrons. The maximum Gasteiger partial charge on any atom is 0.279 e. The minimum absolute atomic E-state index is 0.154. The zero-order valence-corrected chi connectivity index (χ0v) is 19.1. The van der Waals surface area contributed by atoms with Crippen LogP contribution in [0.2, 0.25) is 5.02 Å². The number of thiazole rings is 1. The lowest BCUT2D eigenvalue weighted by atomic mass is 10.2. The zero-order valence-electron chi connectivity index (χ0n) is 16.7. The van der Waals surface area contributed by atoms with Gasteiger partial charge in [0.05, 0.1) is 15.1 Å². The summed E-state index contributed by atoms with van der Waals surface area (Å²) in [6, 6.07) is 11.4. The predicted octanol–water partition coefficient (Wildman–Crippen LogP) is 4.31. The molecule has 0 N–H and O–H groups in total. The molecule has 9 heteroatoms. The highest BCUT2D eigenvalue weighted by Crippen LogP contribution is 2.22. The number of halogens is 1. The molecule has 0 aliphatic carbocycles. The fourth-order valence-electron chi connectivity index (χ4n) is 3.07. The van der Waals surface area contributed by atoms with Crippen molar-refractivity contribution in [1.29, 1.82) is 0 Å². The first-order chi connectivity index (χ1) is 14.3. The predicted molar refractivity (Wildman–Crippen MR) is 121 cm³/mol. The lowest BCUT2D eigenvalue weighted by molar-refractivity contribution is 0.0998. The van der Waals surface area contributed by atoms with Gasteiger partial charge in [-0.2, -0.15) is 9.30 Å². The Morgan fingerprint density at radius 1 is 1.20 bits per heavy atom. The summed E-state index contributed by atoms with van der Waals surface area (Å²) in [5.74, 6) is -0.447. The van der Waals surface area contributed by atoms with Crippen molar-refractivity contribution in [2.75, 3.05) is 13.1 Å². The molecule has 2 aromatic carbocycles. The van der Waals surface area contributed by atoms with Crippen LogP contribution in [-0.4, -0.2) is 36.3 Å². The molecular formula is C21H22ClN3O3S2. The molecule has 0 radical (unpaired) electrons. The molecule has 6 nitrogen and oxygen atoms in total. The first-order valence-electron chi connectivity index (χ1n) is 9.40. The molecule has 3 aromatic rings. The number of nitrogens with zero attached hydrogens (tertiary/aromatic N) is 3. The van der Waals surface area contributed by atoms with Gasteiger partial charge in [0.1, 0.15) is 0 Å². The number of amides is 1. The number of carbonyl (C=O) groups excluding carboxylic acids is 1. The van der Waals surface area contributed by atoms with Gasteiger partial charge < -0.3 is 4.57 Å². The maximum absolute atomic E-state index is 12.7. The number of benzene rings is 2. The highest BCUT2D eigenvalue weighted by molar-refractivity contribution is 7.89. The molecule has 0 saturated heterocycles. The van der Waals surface area contributed by atoms with E-state index in [0.717, 1.165) is 10.2 Å². The van der Waals surface area contributed by atoms with Gasteiger partial charge in [-0.15, -0.1) is 6.58 Å². The Balaban J connectivity index is 1.99. The number of sulfonamides is 1. The van der Waals surface area contributed by atoms with Gasteiger partial charge >= 0.3 is 0 Å². The van der Waals surface area contributed by atoms with Crippen LogP contribution in [0, 0.1) is 0 Å². The first kappa shape index (κ1) is 22.4. The number of hydrogen-bond donors (Lipinski definition) is 0. The molecule has 0 saturated carbocycles. The molecule has 30 heavy (non-hydrogen) atoms. The summed E-state index contributed by atoms with van der Waals surface area (Å²) in [7, 11) is -3.57. The van der Waals surface area contributed by atoms with E-state index in [2.05, 4.69) is 11.6 Å². The normalized spacial score (nSPS) is 12.6. The van der Waals surface area contributed by atoms with Crippen LogP contribution in [0.1, 0.15) is 24.2 Å². The average Bonchev–Trinajstić information content (AvgIpc) is 3.05. The second-order valence-corrected chi connectivity index (χ2v) is 9.81. The van der Waals surface area contributed by atoms with Crippen LogP contribution in [0.3, 0.4) is 0 Å². The van der Waals surface area contributed by atoms with Gasteiger partial charge in [0.25, 0.3) is 5.91 Å². The maximum atomic E-state index is 12.7. The first-order valence-corrected chi connectivity index (χ1v) is 12.0. The number of rotatable bonds is 7. The quantitative estimate of drug-likeness (QED) is 0.490. The van der Waals surface area contributed by atoms with E-state index >= 15 is 0 Å². The standard InChI is InChI=1S/C21H22ClN3O3S2/c1-4-13-25-18-12-9-16(22)14-19(18)29-21(25)23-20(26)15-7-10-17(11-8-15)30(27,28)24(5-2)6-3/h4,7-12,14H,1,5-6,13H2,2-3H3. The van der Waals surface area contributed by atoms with E-state index in [0.29, 0.717) is 35.0 Å². The SMILES string of the molecule is C=CCn1c(=NC(=O)c2ccc(S(=O)(=O)N(CC)CC)cc2)sc2cc(Cl)ccc21. The van der Waals surface area contributed by atoms with Crippen LogP contribution in [0.4, 0.5) is 0 Å². The lowest BCUT2D eigenvalue weighted by Crippen LogP contribution is -2.30. The molecule has 0 atom stereocenters. The summed E-state index contributed by atoms with van der Waals surface area (Å²) < 4.78 is 29.4. The Bertz CT molecular complexity index is 1250. The van der Waals surface area contributed by atoms with Crippen molar-refractivity contribution in [3.8, 4) is 0 Å². The fourth-order valence-corrected chi connectivity index (χ4v) is 5.84. The molecule has 1 amide bonds. The van der Waals surface area contributed by atoms with Crippen LogP contribution in [0.25, 0.3) is 10.2 Å². The average molecular weight is 464 g/mol. The third-order valence-electron chi connectivity index (χ3n) is 4.60. The summed E-state index contributed by atoms with van der Waals surface area (Å²) >= 11 is 7.44. The van der Waals surface area contributed by atoms with Crippen molar-refractivity contribution in [3.05, 3.63) is 70.5 Å². The van der Waals surface area contributed by atoms with Crippen molar-refractivity contribution in [2.24, 2.45) is 4.99 Å². The van der Waals surface area contributed by atoms with Crippen molar-refractivity contribution < 1.29 is 13.2 Å². The topological polar surface area (TPSA) is 71.7 Å². The summed E-state index contributed by atoms with van der Waals surface area (Å²) in [6.07, 6.45) is 1.73. The van der Waals surface area contributed by atoms with E-state index in [4.69, 9.17) is 11.6 Å². The Morgan fingerprint density at radius 2 is 1.87 bits per heavy atom. The van der Waals surface area contributed by atoms with Gasteiger partial charge in [-0.05, 0) is 42.5 Å². The van der Waals surface area contributed by atoms with E-state index in [1.54, 1.807) is 26.0 Å². The third kappa shape index (κ3) is 4.41. The molecule has 1 aromatic heterocycles. The Labute approximate surface area is 184 Å². The molecule has 1 heterocycles. The van der Waals surface area contributed by atoms with Crippen molar-refractivity contribution in [1.82, 2.24) is 8.87 Å². The van der Waals surface area contributed by atoms with Gasteiger partial charge in [0.2, 0.25) is 10.0 Å². The summed E-state index contributed by atoms with van der Waals surface area (Å²) in [5, 5.41) is 0.609. The summed E-state index contributed by atoms with van der Waals surface area (Å²) in [4.78, 5) is 17.7. The van der Waals surface area contributed by atoms with Gasteiger partial charge in [-0.25, -0.2) is 8.42 Å². The largest absolute Gasteiger partial charge is 0.312 e. The van der Waals surface area contributed by atoms with Crippen molar-refractivity contribution in [3.63, 3.8) is 0 Å². The Morgan fingerprint density at radius 3 is 2.47 bits per heavy atom. The van der Waals surface area contributed by atoms with Crippen LogP contribution in [-0.2, 0) is 16.6 Å². The molecule has 0 aliphatic rings.